The van der Waals surface area contributed by atoms with Gasteiger partial charge in [0.05, 0.1) is 24.2 Å². The van der Waals surface area contributed by atoms with Crippen molar-refractivity contribution < 1.29 is 13.9 Å². The number of piperazine rings is 1. The molecule has 0 aliphatic carbocycles. The number of halogens is 2. The highest BCUT2D eigenvalue weighted by molar-refractivity contribution is 6.30. The van der Waals surface area contributed by atoms with E-state index in [-0.39, 0.29) is 17.4 Å². The summed E-state index contributed by atoms with van der Waals surface area (Å²) < 4.78 is 20.0. The number of nitrogens with zero attached hydrogens (tertiary/aromatic N) is 3. The Bertz CT molecular complexity index is 987. The third-order valence-corrected chi connectivity index (χ3v) is 6.94. The lowest BCUT2D eigenvalue weighted by molar-refractivity contribution is -0.117. The summed E-state index contributed by atoms with van der Waals surface area (Å²) in [6.45, 7) is 6.80. The number of carbonyl (C=O) groups is 1. The van der Waals surface area contributed by atoms with Crippen molar-refractivity contribution in [3.05, 3.63) is 52.3 Å². The second-order valence-corrected chi connectivity index (χ2v) is 9.01. The predicted molar refractivity (Wildman–Crippen MR) is 123 cm³/mol. The van der Waals surface area contributed by atoms with Gasteiger partial charge >= 0.3 is 0 Å². The SMILES string of the molecule is COc1cc2c(cc1N1C[C@@H](C)N(C)[C@@H](C)C1)N(C(=O)Cc1cccc(Cl)c1F)CC2. The fourth-order valence-corrected chi connectivity index (χ4v) is 4.81. The summed E-state index contributed by atoms with van der Waals surface area (Å²) >= 11 is 5.89. The van der Waals surface area contributed by atoms with Gasteiger partial charge in [-0.25, -0.2) is 4.39 Å². The molecule has 2 aromatic carbocycles. The maximum Gasteiger partial charge on any atom is 0.231 e. The summed E-state index contributed by atoms with van der Waals surface area (Å²) in [6, 6.07) is 9.71. The molecule has 2 atom stereocenters. The van der Waals surface area contributed by atoms with Gasteiger partial charge in [0.1, 0.15) is 11.6 Å². The molecule has 1 fully saturated rings. The van der Waals surface area contributed by atoms with Crippen LogP contribution in [-0.2, 0) is 17.6 Å². The second kappa shape index (κ2) is 8.67. The number of anilines is 2. The lowest BCUT2D eigenvalue weighted by Gasteiger charge is -2.44. The van der Waals surface area contributed by atoms with Gasteiger partial charge in [-0.3, -0.25) is 9.69 Å². The Balaban J connectivity index is 1.63. The Morgan fingerprint density at radius 1 is 1.19 bits per heavy atom. The zero-order valence-corrected chi connectivity index (χ0v) is 19.2. The first-order chi connectivity index (χ1) is 14.8. The molecule has 7 heteroatoms. The van der Waals surface area contributed by atoms with Gasteiger partial charge in [0.15, 0.2) is 0 Å². The zero-order chi connectivity index (χ0) is 22.3. The average molecular weight is 446 g/mol. The van der Waals surface area contributed by atoms with Crippen molar-refractivity contribution in [2.24, 2.45) is 0 Å². The van der Waals surface area contributed by atoms with Crippen molar-refractivity contribution in [3.8, 4) is 5.75 Å². The Kier molecular flexibility index (Phi) is 6.13. The van der Waals surface area contributed by atoms with Gasteiger partial charge in [0.2, 0.25) is 5.91 Å². The molecule has 4 rings (SSSR count). The second-order valence-electron chi connectivity index (χ2n) is 8.61. The highest BCUT2D eigenvalue weighted by atomic mass is 35.5. The van der Waals surface area contributed by atoms with E-state index in [1.807, 2.05) is 6.07 Å². The van der Waals surface area contributed by atoms with Gasteiger partial charge in [-0.1, -0.05) is 23.7 Å². The normalized spacial score (nSPS) is 21.4. The van der Waals surface area contributed by atoms with Crippen molar-refractivity contribution in [1.82, 2.24) is 4.90 Å². The Hall–Kier alpha value is -2.31. The van der Waals surface area contributed by atoms with E-state index in [4.69, 9.17) is 16.3 Å². The number of amides is 1. The summed E-state index contributed by atoms with van der Waals surface area (Å²) in [6.07, 6.45) is 0.737. The van der Waals surface area contributed by atoms with E-state index >= 15 is 0 Å². The molecule has 1 amide bonds. The third-order valence-electron chi connectivity index (χ3n) is 6.65. The number of hydrogen-bond acceptors (Lipinski definition) is 4. The third kappa shape index (κ3) is 4.11. The van der Waals surface area contributed by atoms with Crippen LogP contribution in [0.3, 0.4) is 0 Å². The molecule has 1 saturated heterocycles. The van der Waals surface area contributed by atoms with Crippen LogP contribution in [0.4, 0.5) is 15.8 Å². The van der Waals surface area contributed by atoms with Gasteiger partial charge in [-0.2, -0.15) is 0 Å². The van der Waals surface area contributed by atoms with E-state index in [2.05, 4.69) is 36.8 Å². The van der Waals surface area contributed by atoms with Crippen molar-refractivity contribution in [1.29, 1.82) is 0 Å². The van der Waals surface area contributed by atoms with Gasteiger partial charge in [-0.05, 0) is 56.6 Å². The first kappa shape index (κ1) is 21.9. The largest absolute Gasteiger partial charge is 0.495 e. The van der Waals surface area contributed by atoms with Crippen molar-refractivity contribution in [3.63, 3.8) is 0 Å². The van der Waals surface area contributed by atoms with E-state index in [0.717, 1.165) is 42.2 Å². The molecule has 0 aromatic heterocycles. The van der Waals surface area contributed by atoms with Crippen LogP contribution in [0.5, 0.6) is 5.75 Å². The first-order valence-corrected chi connectivity index (χ1v) is 11.1. The van der Waals surface area contributed by atoms with E-state index in [9.17, 15) is 9.18 Å². The fraction of sp³-hybridized carbons (Fsp3) is 0.458. The number of methoxy groups -OCH3 is 1. The number of fused-ring (bicyclic) bond motifs is 1. The summed E-state index contributed by atoms with van der Waals surface area (Å²) in [5.74, 6) is 0.182. The minimum absolute atomic E-state index is 0.0181. The van der Waals surface area contributed by atoms with Crippen LogP contribution in [0.1, 0.15) is 25.0 Å². The fourth-order valence-electron chi connectivity index (χ4n) is 4.62. The standard InChI is InChI=1S/C24H29ClFN3O2/c1-15-13-28(14-16(2)27(15)3)21-12-20-17(10-22(21)31-4)8-9-29(20)23(30)11-18-6-5-7-19(25)24(18)26/h5-7,10,12,15-16H,8-9,11,13-14H2,1-4H3/t15-,16+. The number of likely N-dealkylation sites (N-methyl/N-ethyl adjacent to an activating group) is 1. The average Bonchev–Trinajstić information content (AvgIpc) is 3.17. The van der Waals surface area contributed by atoms with Crippen LogP contribution in [-0.4, -0.2) is 56.7 Å². The molecular weight excluding hydrogens is 417 g/mol. The zero-order valence-electron chi connectivity index (χ0n) is 18.5. The van der Waals surface area contributed by atoms with E-state index < -0.39 is 5.82 Å². The maximum absolute atomic E-state index is 14.3. The van der Waals surface area contributed by atoms with Crippen LogP contribution in [0.15, 0.2) is 30.3 Å². The first-order valence-electron chi connectivity index (χ1n) is 10.7. The number of ether oxygens (including phenoxy) is 1. The van der Waals surface area contributed by atoms with Crippen LogP contribution in [0.25, 0.3) is 0 Å². The van der Waals surface area contributed by atoms with Crippen LogP contribution >= 0.6 is 11.6 Å². The molecule has 2 aliphatic rings. The minimum Gasteiger partial charge on any atom is -0.495 e. The smallest absolute Gasteiger partial charge is 0.231 e. The molecule has 2 aromatic rings. The van der Waals surface area contributed by atoms with E-state index in [0.29, 0.717) is 24.2 Å². The molecule has 2 aliphatic heterocycles. The molecule has 0 N–H and O–H groups in total. The van der Waals surface area contributed by atoms with Crippen LogP contribution in [0.2, 0.25) is 5.02 Å². The quantitative estimate of drug-likeness (QED) is 0.708. The molecule has 0 spiro atoms. The molecule has 166 valence electrons. The molecule has 0 saturated carbocycles. The molecule has 2 heterocycles. The lowest BCUT2D eigenvalue weighted by Crippen LogP contribution is -2.55. The van der Waals surface area contributed by atoms with Crippen molar-refractivity contribution in [2.75, 3.05) is 43.6 Å². The highest BCUT2D eigenvalue weighted by Crippen LogP contribution is 2.40. The Morgan fingerprint density at radius 2 is 1.90 bits per heavy atom. The molecule has 0 radical (unpaired) electrons. The molecule has 31 heavy (non-hydrogen) atoms. The van der Waals surface area contributed by atoms with E-state index in [1.165, 1.54) is 6.07 Å². The topological polar surface area (TPSA) is 36.0 Å². The summed E-state index contributed by atoms with van der Waals surface area (Å²) in [5.41, 5.74) is 3.29. The van der Waals surface area contributed by atoms with E-state index in [1.54, 1.807) is 24.1 Å². The molecular formula is C24H29ClFN3O2. The number of carbonyl (C=O) groups excluding carboxylic acids is 1. The summed E-state index contributed by atoms with van der Waals surface area (Å²) in [7, 11) is 3.84. The Morgan fingerprint density at radius 3 is 2.58 bits per heavy atom. The van der Waals surface area contributed by atoms with Gasteiger partial charge in [0, 0.05) is 37.4 Å². The van der Waals surface area contributed by atoms with Gasteiger partial charge in [-0.15, -0.1) is 0 Å². The highest BCUT2D eigenvalue weighted by Gasteiger charge is 2.32. The van der Waals surface area contributed by atoms with Gasteiger partial charge in [0.25, 0.3) is 0 Å². The maximum atomic E-state index is 14.3. The monoisotopic (exact) mass is 445 g/mol. The van der Waals surface area contributed by atoms with Crippen molar-refractivity contribution in [2.45, 2.75) is 38.8 Å². The lowest BCUT2D eigenvalue weighted by atomic mass is 10.1. The molecule has 0 unspecified atom stereocenters. The molecule has 5 nitrogen and oxygen atoms in total. The van der Waals surface area contributed by atoms with Gasteiger partial charge < -0.3 is 14.5 Å². The summed E-state index contributed by atoms with van der Waals surface area (Å²) in [5, 5.41) is 0.0393. The summed E-state index contributed by atoms with van der Waals surface area (Å²) in [4.78, 5) is 19.6. The Labute approximate surface area is 188 Å². The van der Waals surface area contributed by atoms with Crippen LogP contribution < -0.4 is 14.5 Å². The number of hydrogen-bond donors (Lipinski definition) is 0. The predicted octanol–water partition coefficient (Wildman–Crippen LogP) is 4.15. The number of benzene rings is 2. The number of rotatable bonds is 4. The van der Waals surface area contributed by atoms with Crippen molar-refractivity contribution >= 4 is 28.9 Å². The van der Waals surface area contributed by atoms with Crippen LogP contribution in [0, 0.1) is 5.82 Å². The minimum atomic E-state index is -0.521. The molecule has 0 bridgehead atoms.